The molecule has 2 rings (SSSR count). The van der Waals surface area contributed by atoms with Crippen molar-refractivity contribution in [1.82, 2.24) is 20.2 Å². The quantitative estimate of drug-likeness (QED) is 0.722. The van der Waals surface area contributed by atoms with Crippen LogP contribution in [0.3, 0.4) is 0 Å². The van der Waals surface area contributed by atoms with Gasteiger partial charge in [0.05, 0.1) is 17.3 Å². The third-order valence-electron chi connectivity index (χ3n) is 2.39. The molecule has 0 aromatic carbocycles. The lowest BCUT2D eigenvalue weighted by Crippen LogP contribution is -2.13. The predicted octanol–water partition coefficient (Wildman–Crippen LogP) is 2.23. The topological polar surface area (TPSA) is 92.8 Å². The van der Waals surface area contributed by atoms with E-state index in [4.69, 9.17) is 4.74 Å². The maximum absolute atomic E-state index is 11.7. The molecule has 0 spiro atoms. The fourth-order valence-electron chi connectivity index (χ4n) is 1.51. The molecule has 0 saturated carbocycles. The number of hydrogen-bond donors (Lipinski definition) is 2. The number of thiazole rings is 1. The molecule has 114 valence electrons. The maximum atomic E-state index is 11.7. The van der Waals surface area contributed by atoms with E-state index in [1.807, 2.05) is 19.2 Å². The third kappa shape index (κ3) is 5.35. The molecule has 0 aliphatic carbocycles. The lowest BCUT2D eigenvalue weighted by molar-refractivity contribution is -0.115. The molecule has 0 radical (unpaired) electrons. The van der Waals surface area contributed by atoms with Crippen LogP contribution in [-0.2, 0) is 10.5 Å². The Morgan fingerprint density at radius 2 is 2.38 bits per heavy atom. The Kier molecular flexibility index (Phi) is 6.00. The summed E-state index contributed by atoms with van der Waals surface area (Å²) >= 11 is 3.33. The summed E-state index contributed by atoms with van der Waals surface area (Å²) in [5.74, 6) is 1.77. The highest BCUT2D eigenvalue weighted by Crippen LogP contribution is 2.16. The van der Waals surface area contributed by atoms with Crippen molar-refractivity contribution in [2.45, 2.75) is 26.0 Å². The summed E-state index contributed by atoms with van der Waals surface area (Å²) in [6.07, 6.45) is 0.415. The van der Waals surface area contributed by atoms with E-state index in [-0.39, 0.29) is 11.9 Å². The first-order valence-corrected chi connectivity index (χ1v) is 8.54. The number of nitrogens with zero attached hydrogens (tertiary/aromatic N) is 3. The standard InChI is InChI=1S/C12H17N5O2S2/c1-3-19-12-15-11(16-17-12)14-10(18)4-5-20-6-9-7-21-8(2)13-9/h7H,3-6H2,1-2H3,(H2,14,15,16,17,18). The van der Waals surface area contributed by atoms with Crippen molar-refractivity contribution in [1.29, 1.82) is 0 Å². The van der Waals surface area contributed by atoms with Crippen LogP contribution in [-0.4, -0.2) is 38.4 Å². The molecular weight excluding hydrogens is 310 g/mol. The Bertz CT molecular complexity index is 584. The van der Waals surface area contributed by atoms with Gasteiger partial charge in [0.15, 0.2) is 0 Å². The Morgan fingerprint density at radius 1 is 1.52 bits per heavy atom. The van der Waals surface area contributed by atoms with Gasteiger partial charge in [-0.05, 0) is 13.8 Å². The predicted molar refractivity (Wildman–Crippen MR) is 83.8 cm³/mol. The van der Waals surface area contributed by atoms with Gasteiger partial charge in [-0.1, -0.05) is 0 Å². The lowest BCUT2D eigenvalue weighted by Gasteiger charge is -2.01. The molecule has 9 heteroatoms. The van der Waals surface area contributed by atoms with Gasteiger partial charge in [-0.3, -0.25) is 10.1 Å². The van der Waals surface area contributed by atoms with Gasteiger partial charge in [-0.2, -0.15) is 16.7 Å². The summed E-state index contributed by atoms with van der Waals surface area (Å²) in [7, 11) is 0. The highest BCUT2D eigenvalue weighted by molar-refractivity contribution is 7.98. The van der Waals surface area contributed by atoms with Gasteiger partial charge in [0, 0.05) is 23.3 Å². The van der Waals surface area contributed by atoms with Crippen molar-refractivity contribution >= 4 is 35.0 Å². The number of ether oxygens (including phenoxy) is 1. The van der Waals surface area contributed by atoms with Crippen molar-refractivity contribution in [3.05, 3.63) is 16.1 Å². The second-order valence-electron chi connectivity index (χ2n) is 4.11. The number of hydrogen-bond acceptors (Lipinski definition) is 7. The van der Waals surface area contributed by atoms with Crippen LogP contribution in [0.25, 0.3) is 0 Å². The zero-order valence-corrected chi connectivity index (χ0v) is 13.5. The van der Waals surface area contributed by atoms with Crippen molar-refractivity contribution < 1.29 is 9.53 Å². The van der Waals surface area contributed by atoms with E-state index in [0.29, 0.717) is 19.0 Å². The normalized spacial score (nSPS) is 10.6. The van der Waals surface area contributed by atoms with Crippen LogP contribution in [0.15, 0.2) is 5.38 Å². The van der Waals surface area contributed by atoms with Crippen LogP contribution >= 0.6 is 23.1 Å². The molecule has 0 atom stereocenters. The molecule has 21 heavy (non-hydrogen) atoms. The largest absolute Gasteiger partial charge is 0.463 e. The van der Waals surface area contributed by atoms with Gasteiger partial charge in [0.25, 0.3) is 0 Å². The molecule has 0 saturated heterocycles. The molecule has 0 aliphatic heterocycles. The van der Waals surface area contributed by atoms with Crippen molar-refractivity contribution in [2.75, 3.05) is 17.7 Å². The minimum atomic E-state index is -0.101. The number of H-pyrrole nitrogens is 1. The van der Waals surface area contributed by atoms with Crippen molar-refractivity contribution in [3.63, 3.8) is 0 Å². The fourth-order valence-corrected chi connectivity index (χ4v) is 3.06. The highest BCUT2D eigenvalue weighted by atomic mass is 32.2. The molecule has 7 nitrogen and oxygen atoms in total. The molecule has 2 aromatic heterocycles. The van der Waals surface area contributed by atoms with Gasteiger partial charge in [-0.15, -0.1) is 16.4 Å². The molecule has 0 aliphatic rings. The summed E-state index contributed by atoms with van der Waals surface area (Å²) in [5.41, 5.74) is 1.07. The van der Waals surface area contributed by atoms with E-state index < -0.39 is 0 Å². The number of aromatic amines is 1. The molecule has 2 heterocycles. The summed E-state index contributed by atoms with van der Waals surface area (Å²) < 4.78 is 5.10. The molecule has 0 bridgehead atoms. The third-order valence-corrected chi connectivity index (χ3v) is 4.20. The average molecular weight is 327 g/mol. The summed E-state index contributed by atoms with van der Waals surface area (Å²) in [6, 6.07) is 0.237. The van der Waals surface area contributed by atoms with E-state index in [1.54, 1.807) is 23.1 Å². The van der Waals surface area contributed by atoms with Crippen molar-refractivity contribution in [3.8, 4) is 6.01 Å². The van der Waals surface area contributed by atoms with Gasteiger partial charge < -0.3 is 4.74 Å². The van der Waals surface area contributed by atoms with Crippen LogP contribution in [0.2, 0.25) is 0 Å². The molecular formula is C12H17N5O2S2. The first kappa shape index (κ1) is 15.8. The summed E-state index contributed by atoms with van der Waals surface area (Å²) in [5, 5.41) is 12.2. The number of carbonyl (C=O) groups is 1. The van der Waals surface area contributed by atoms with Crippen molar-refractivity contribution in [2.24, 2.45) is 0 Å². The van der Waals surface area contributed by atoms with Gasteiger partial charge in [-0.25, -0.2) is 10.1 Å². The summed E-state index contributed by atoms with van der Waals surface area (Å²) in [4.78, 5) is 20.1. The Hall–Kier alpha value is -1.61. The number of amides is 1. The van der Waals surface area contributed by atoms with Gasteiger partial charge >= 0.3 is 6.01 Å². The number of carbonyl (C=O) groups excluding carboxylic acids is 1. The zero-order chi connectivity index (χ0) is 15.1. The smallest absolute Gasteiger partial charge is 0.337 e. The van der Waals surface area contributed by atoms with E-state index in [0.717, 1.165) is 22.2 Å². The van der Waals surface area contributed by atoms with Gasteiger partial charge in [0.2, 0.25) is 11.9 Å². The van der Waals surface area contributed by atoms with Crippen LogP contribution in [0.5, 0.6) is 6.01 Å². The van der Waals surface area contributed by atoms with E-state index in [1.165, 1.54) is 0 Å². The Morgan fingerprint density at radius 3 is 3.10 bits per heavy atom. The number of thioether (sulfide) groups is 1. The second-order valence-corrected chi connectivity index (χ2v) is 6.28. The van der Waals surface area contributed by atoms with Crippen LogP contribution in [0.4, 0.5) is 5.95 Å². The monoisotopic (exact) mass is 327 g/mol. The van der Waals surface area contributed by atoms with E-state index >= 15 is 0 Å². The SMILES string of the molecule is CCOc1n[nH]c(NC(=O)CCSCc2csc(C)n2)n1. The minimum Gasteiger partial charge on any atom is -0.463 e. The van der Waals surface area contributed by atoms with Crippen LogP contribution in [0, 0.1) is 6.92 Å². The summed E-state index contributed by atoms with van der Waals surface area (Å²) in [6.45, 7) is 4.31. The second kappa shape index (κ2) is 7.99. The highest BCUT2D eigenvalue weighted by Gasteiger charge is 2.08. The minimum absolute atomic E-state index is 0.101. The number of anilines is 1. The molecule has 2 N–H and O–H groups in total. The van der Waals surface area contributed by atoms with E-state index in [9.17, 15) is 4.79 Å². The lowest BCUT2D eigenvalue weighted by atomic mass is 10.4. The van der Waals surface area contributed by atoms with E-state index in [2.05, 4.69) is 25.5 Å². The number of aromatic nitrogens is 4. The first-order chi connectivity index (χ1) is 10.2. The average Bonchev–Trinajstić information content (AvgIpc) is 3.05. The molecule has 2 aromatic rings. The number of aryl methyl sites for hydroxylation is 1. The zero-order valence-electron chi connectivity index (χ0n) is 11.9. The molecule has 0 fully saturated rings. The number of nitrogens with one attached hydrogen (secondary N) is 2. The van der Waals surface area contributed by atoms with Gasteiger partial charge in [0.1, 0.15) is 0 Å². The maximum Gasteiger partial charge on any atom is 0.337 e. The number of rotatable bonds is 8. The fraction of sp³-hybridized carbons (Fsp3) is 0.500. The van der Waals surface area contributed by atoms with Crippen LogP contribution in [0.1, 0.15) is 24.0 Å². The first-order valence-electron chi connectivity index (χ1n) is 6.51. The molecule has 0 unspecified atom stereocenters. The molecule has 1 amide bonds. The Balaban J connectivity index is 1.64. The van der Waals surface area contributed by atoms with Crippen LogP contribution < -0.4 is 10.1 Å². The Labute approximate surface area is 130 Å².